The normalized spacial score (nSPS) is 16.0. The molecule has 0 aliphatic carbocycles. The molecule has 1 fully saturated rings. The molecule has 3 aromatic rings. The Balaban J connectivity index is 1.55. The van der Waals surface area contributed by atoms with Crippen LogP contribution in [0.1, 0.15) is 18.7 Å². The van der Waals surface area contributed by atoms with Gasteiger partial charge in [0, 0.05) is 29.3 Å². The second-order valence-corrected chi connectivity index (χ2v) is 7.00. The number of Topliss-reactive ketones (excluding diaryl/α,β-unsaturated/α-hetero) is 1. The van der Waals surface area contributed by atoms with Crippen molar-refractivity contribution < 1.29 is 4.79 Å². The van der Waals surface area contributed by atoms with Crippen LogP contribution < -0.4 is 0 Å². The number of pyridine rings is 1. The van der Waals surface area contributed by atoms with Gasteiger partial charge in [-0.3, -0.25) is 9.78 Å². The van der Waals surface area contributed by atoms with Crippen molar-refractivity contribution in [2.75, 3.05) is 20.1 Å². The molecule has 0 N–H and O–H groups in total. The van der Waals surface area contributed by atoms with E-state index in [4.69, 9.17) is 0 Å². The van der Waals surface area contributed by atoms with Crippen LogP contribution in [-0.4, -0.2) is 45.8 Å². The highest BCUT2D eigenvalue weighted by Gasteiger charge is 2.24. The van der Waals surface area contributed by atoms with E-state index >= 15 is 0 Å². The van der Waals surface area contributed by atoms with Gasteiger partial charge in [-0.05, 0) is 51.2 Å². The van der Waals surface area contributed by atoms with Crippen LogP contribution in [0.25, 0.3) is 22.2 Å². The highest BCUT2D eigenvalue weighted by molar-refractivity contribution is 5.85. The number of rotatable bonds is 4. The zero-order valence-electron chi connectivity index (χ0n) is 14.9. The van der Waals surface area contributed by atoms with Crippen molar-refractivity contribution in [2.24, 2.45) is 5.92 Å². The van der Waals surface area contributed by atoms with Gasteiger partial charge in [0.25, 0.3) is 0 Å². The Hall–Kier alpha value is -2.66. The first kappa shape index (κ1) is 16.8. The van der Waals surface area contributed by atoms with E-state index < -0.39 is 0 Å². The smallest absolute Gasteiger partial charge is 0.143 e. The van der Waals surface area contributed by atoms with Crippen LogP contribution in [0.5, 0.6) is 0 Å². The number of benzene rings is 1. The molecule has 0 spiro atoms. The summed E-state index contributed by atoms with van der Waals surface area (Å²) < 4.78 is 0. The third-order valence-corrected chi connectivity index (χ3v) is 5.10. The second-order valence-electron chi connectivity index (χ2n) is 7.00. The van der Waals surface area contributed by atoms with Gasteiger partial charge in [0.1, 0.15) is 11.6 Å². The van der Waals surface area contributed by atoms with E-state index in [1.165, 1.54) is 0 Å². The molecule has 0 amide bonds. The Kier molecular flexibility index (Phi) is 4.71. The third kappa shape index (κ3) is 3.63. The lowest BCUT2D eigenvalue weighted by molar-refractivity contribution is -0.123. The van der Waals surface area contributed by atoms with Gasteiger partial charge >= 0.3 is 0 Å². The zero-order valence-corrected chi connectivity index (χ0v) is 14.9. The number of hydrogen-bond acceptors (Lipinski definition) is 5. The number of carbonyl (C=O) groups excluding carboxylic acids is 1. The first-order chi connectivity index (χ1) is 12.7. The van der Waals surface area contributed by atoms with E-state index in [-0.39, 0.29) is 11.7 Å². The Morgan fingerprint density at radius 3 is 2.77 bits per heavy atom. The number of likely N-dealkylation sites (tertiary alicyclic amines) is 1. The van der Waals surface area contributed by atoms with Gasteiger partial charge in [-0.15, -0.1) is 0 Å². The summed E-state index contributed by atoms with van der Waals surface area (Å²) in [5.41, 5.74) is 2.79. The van der Waals surface area contributed by atoms with Gasteiger partial charge < -0.3 is 4.90 Å². The van der Waals surface area contributed by atoms with E-state index in [9.17, 15) is 4.79 Å². The lowest BCUT2D eigenvalue weighted by Gasteiger charge is -2.27. The Bertz CT molecular complexity index is 918. The highest BCUT2D eigenvalue weighted by atomic mass is 16.1. The van der Waals surface area contributed by atoms with Crippen LogP contribution in [0.3, 0.4) is 0 Å². The van der Waals surface area contributed by atoms with E-state index in [0.717, 1.165) is 48.1 Å². The Morgan fingerprint density at radius 2 is 2.00 bits per heavy atom. The van der Waals surface area contributed by atoms with Crippen LogP contribution in [0.2, 0.25) is 0 Å². The van der Waals surface area contributed by atoms with Crippen molar-refractivity contribution >= 4 is 16.7 Å². The highest BCUT2D eigenvalue weighted by Crippen LogP contribution is 2.22. The minimum Gasteiger partial charge on any atom is -0.306 e. The summed E-state index contributed by atoms with van der Waals surface area (Å²) in [4.78, 5) is 28.3. The molecule has 5 heteroatoms. The molecule has 132 valence electrons. The summed E-state index contributed by atoms with van der Waals surface area (Å²) in [5.74, 6) is 1.02. The summed E-state index contributed by atoms with van der Waals surface area (Å²) in [5, 5.41) is 0.972. The van der Waals surface area contributed by atoms with Crippen molar-refractivity contribution in [3.8, 4) is 11.3 Å². The van der Waals surface area contributed by atoms with Gasteiger partial charge in [0.05, 0.1) is 17.6 Å². The number of carbonyl (C=O) groups is 1. The molecule has 1 aliphatic rings. The fourth-order valence-corrected chi connectivity index (χ4v) is 3.47. The van der Waals surface area contributed by atoms with Crippen molar-refractivity contribution in [1.29, 1.82) is 0 Å². The molecular weight excluding hydrogens is 324 g/mol. The molecule has 1 aromatic carbocycles. The maximum Gasteiger partial charge on any atom is 0.143 e. The van der Waals surface area contributed by atoms with E-state index in [2.05, 4.69) is 26.9 Å². The number of fused-ring (bicyclic) bond motifs is 1. The lowest BCUT2D eigenvalue weighted by atomic mass is 9.91. The predicted octanol–water partition coefficient (Wildman–Crippen LogP) is 3.15. The fraction of sp³-hybridized carbons (Fsp3) is 0.333. The monoisotopic (exact) mass is 346 g/mol. The average Bonchev–Trinajstić information content (AvgIpc) is 2.68. The minimum absolute atomic E-state index is 0.144. The molecule has 2 aromatic heterocycles. The summed E-state index contributed by atoms with van der Waals surface area (Å²) >= 11 is 0. The predicted molar refractivity (Wildman–Crippen MR) is 102 cm³/mol. The van der Waals surface area contributed by atoms with Gasteiger partial charge in [0.15, 0.2) is 0 Å². The number of ketones is 1. The molecular formula is C21H22N4O. The third-order valence-electron chi connectivity index (χ3n) is 5.10. The maximum atomic E-state index is 12.6. The van der Waals surface area contributed by atoms with Crippen molar-refractivity contribution in [1.82, 2.24) is 19.9 Å². The quantitative estimate of drug-likeness (QED) is 0.726. The van der Waals surface area contributed by atoms with Gasteiger partial charge in [-0.2, -0.15) is 0 Å². The molecule has 26 heavy (non-hydrogen) atoms. The molecule has 0 saturated carbocycles. The van der Waals surface area contributed by atoms with Crippen molar-refractivity contribution in [3.63, 3.8) is 0 Å². The van der Waals surface area contributed by atoms with Gasteiger partial charge in [0.2, 0.25) is 0 Å². The van der Waals surface area contributed by atoms with E-state index in [0.29, 0.717) is 12.2 Å². The topological polar surface area (TPSA) is 59.0 Å². The molecule has 4 rings (SSSR count). The minimum atomic E-state index is 0.144. The summed E-state index contributed by atoms with van der Waals surface area (Å²) in [6.07, 6.45) is 5.78. The lowest BCUT2D eigenvalue weighted by Crippen LogP contribution is -2.34. The number of nitrogens with zero attached hydrogens (tertiary/aromatic N) is 4. The zero-order chi connectivity index (χ0) is 17.9. The molecule has 0 atom stereocenters. The molecule has 0 bridgehead atoms. The van der Waals surface area contributed by atoms with Gasteiger partial charge in [-0.25, -0.2) is 9.97 Å². The molecule has 1 saturated heterocycles. The first-order valence-electron chi connectivity index (χ1n) is 9.07. The molecule has 0 unspecified atom stereocenters. The van der Waals surface area contributed by atoms with Crippen molar-refractivity contribution in [2.45, 2.75) is 19.3 Å². The Morgan fingerprint density at radius 1 is 1.15 bits per heavy atom. The van der Waals surface area contributed by atoms with Crippen LogP contribution in [-0.2, 0) is 11.2 Å². The molecule has 0 radical (unpaired) electrons. The van der Waals surface area contributed by atoms with E-state index in [1.807, 2.05) is 42.6 Å². The van der Waals surface area contributed by atoms with Crippen molar-refractivity contribution in [3.05, 3.63) is 54.6 Å². The van der Waals surface area contributed by atoms with Crippen LogP contribution >= 0.6 is 0 Å². The largest absolute Gasteiger partial charge is 0.306 e. The van der Waals surface area contributed by atoms with Crippen LogP contribution in [0.15, 0.2) is 48.8 Å². The number of piperidine rings is 1. The van der Waals surface area contributed by atoms with Crippen LogP contribution in [0.4, 0.5) is 0 Å². The summed E-state index contributed by atoms with van der Waals surface area (Å²) in [7, 11) is 2.10. The average molecular weight is 346 g/mol. The van der Waals surface area contributed by atoms with Crippen LogP contribution in [0, 0.1) is 5.92 Å². The molecule has 1 aliphatic heterocycles. The van der Waals surface area contributed by atoms with Gasteiger partial charge in [-0.1, -0.05) is 18.2 Å². The summed E-state index contributed by atoms with van der Waals surface area (Å²) in [6.45, 7) is 1.98. The first-order valence-corrected chi connectivity index (χ1v) is 9.07. The second kappa shape index (κ2) is 7.30. The molecule has 5 nitrogen and oxygen atoms in total. The molecule has 3 heterocycles. The van der Waals surface area contributed by atoms with E-state index in [1.54, 1.807) is 6.20 Å². The number of hydrogen-bond donors (Lipinski definition) is 0. The maximum absolute atomic E-state index is 12.6. The fourth-order valence-electron chi connectivity index (χ4n) is 3.47. The SMILES string of the molecule is CN1CCC(C(=O)Cc2ncc3ccc(-c4ccccn4)cc3n2)CC1. The Labute approximate surface area is 153 Å². The standard InChI is InChI=1S/C21H22N4O/c1-25-10-7-15(8-11-25)20(26)13-21-23-14-17-6-5-16(12-19(17)24-21)18-4-2-3-9-22-18/h2-6,9,12,14-15H,7-8,10-11,13H2,1H3. The summed E-state index contributed by atoms with van der Waals surface area (Å²) in [6, 6.07) is 11.9. The number of aromatic nitrogens is 3.